The van der Waals surface area contributed by atoms with Gasteiger partial charge in [-0.2, -0.15) is 0 Å². The lowest BCUT2D eigenvalue weighted by Crippen LogP contribution is -2.15. The predicted molar refractivity (Wildman–Crippen MR) is 101 cm³/mol. The first-order valence-corrected chi connectivity index (χ1v) is 8.45. The van der Waals surface area contributed by atoms with E-state index in [1.807, 2.05) is 0 Å². The van der Waals surface area contributed by atoms with Gasteiger partial charge in [0, 0.05) is 0 Å². The van der Waals surface area contributed by atoms with E-state index in [4.69, 9.17) is 14.6 Å². The number of carbonyl (C=O) groups excluding carboxylic acids is 3. The van der Waals surface area contributed by atoms with E-state index in [1.165, 1.54) is 38.1 Å². The molecule has 150 valence electrons. The molecule has 1 rings (SSSR count). The molecule has 0 fully saturated rings. The van der Waals surface area contributed by atoms with Crippen LogP contribution in [0.4, 0.5) is 5.69 Å². The smallest absolute Gasteiger partial charge is 0.338 e. The third kappa shape index (κ3) is 8.26. The first kappa shape index (κ1) is 22.6. The number of rotatable bonds is 9. The molecule has 1 atom stereocenters. The Morgan fingerprint density at radius 2 is 1.86 bits per heavy atom. The maximum absolute atomic E-state index is 11.7. The number of hydrogen-bond acceptors (Lipinski definition) is 8. The van der Waals surface area contributed by atoms with Gasteiger partial charge in [0.1, 0.15) is 12.2 Å². The fourth-order valence-electron chi connectivity index (χ4n) is 1.77. The van der Waals surface area contributed by atoms with Gasteiger partial charge in [0.15, 0.2) is 0 Å². The Labute approximate surface area is 162 Å². The number of benzene rings is 1. The molecule has 0 saturated heterocycles. The topological polar surface area (TPSA) is 131 Å². The number of carboxylic acids is 1. The minimum atomic E-state index is -1.06. The van der Waals surface area contributed by atoms with Gasteiger partial charge in [0.25, 0.3) is 0 Å². The van der Waals surface area contributed by atoms with Gasteiger partial charge in [0.05, 0.1) is 23.8 Å². The molecule has 2 N–H and O–H groups in total. The molecule has 9 heteroatoms. The highest BCUT2D eigenvalue weighted by Crippen LogP contribution is 2.11. The number of ether oxygens (including phenoxy) is 2. The lowest BCUT2D eigenvalue weighted by Gasteiger charge is -2.06. The van der Waals surface area contributed by atoms with Crippen LogP contribution < -0.4 is 5.43 Å². The highest BCUT2D eigenvalue weighted by atomic mass is 16.5. The number of hydrogen-bond donors (Lipinski definition) is 2. The van der Waals surface area contributed by atoms with Crippen molar-refractivity contribution in [3.05, 3.63) is 42.0 Å². The number of carbonyl (C=O) groups is 4. The molecule has 0 aliphatic carbocycles. The summed E-state index contributed by atoms with van der Waals surface area (Å²) >= 11 is 0. The average molecular weight is 390 g/mol. The van der Waals surface area contributed by atoms with E-state index >= 15 is 0 Å². The largest absolute Gasteiger partial charge is 0.481 e. The molecule has 0 aliphatic heterocycles. The molecule has 1 aromatic rings. The number of nitrogens with one attached hydrogen (secondary N) is 1. The van der Waals surface area contributed by atoms with E-state index in [-0.39, 0.29) is 18.3 Å². The fourth-order valence-corrected chi connectivity index (χ4v) is 1.77. The zero-order valence-corrected chi connectivity index (χ0v) is 15.8. The van der Waals surface area contributed by atoms with Gasteiger partial charge in [-0.15, -0.1) is 5.10 Å². The SMILES string of the molecule is CCOC(=O)c1ccc(NN=C(C=CC(C)C(=O)O)OC(=O)CC(C)=O)cc1. The minimum Gasteiger partial charge on any atom is -0.481 e. The van der Waals surface area contributed by atoms with Crippen molar-refractivity contribution < 1.29 is 33.8 Å². The van der Waals surface area contributed by atoms with Crippen LogP contribution in [0, 0.1) is 5.92 Å². The maximum atomic E-state index is 11.7. The molecule has 0 aliphatic rings. The number of carboxylic acid groups (broad SMARTS) is 1. The highest BCUT2D eigenvalue weighted by Gasteiger charge is 2.12. The molecule has 1 aromatic carbocycles. The van der Waals surface area contributed by atoms with Crippen LogP contribution in [-0.2, 0) is 23.9 Å². The molecular formula is C19H22N2O7. The normalized spacial score (nSPS) is 12.3. The molecule has 0 amide bonds. The number of hydrazone groups is 1. The van der Waals surface area contributed by atoms with Crippen LogP contribution in [0.15, 0.2) is 41.5 Å². The Morgan fingerprint density at radius 3 is 2.39 bits per heavy atom. The molecule has 0 heterocycles. The summed E-state index contributed by atoms with van der Waals surface area (Å²) in [7, 11) is 0. The Hall–Kier alpha value is -3.49. The molecule has 9 nitrogen and oxygen atoms in total. The van der Waals surface area contributed by atoms with Gasteiger partial charge in [-0.05, 0) is 51.1 Å². The molecular weight excluding hydrogens is 368 g/mol. The minimum absolute atomic E-state index is 0.214. The molecule has 0 bridgehead atoms. The van der Waals surface area contributed by atoms with Crippen LogP contribution in [-0.4, -0.2) is 41.3 Å². The Kier molecular flexibility index (Phi) is 9.08. The average Bonchev–Trinajstić information content (AvgIpc) is 2.63. The van der Waals surface area contributed by atoms with E-state index in [2.05, 4.69) is 10.5 Å². The van der Waals surface area contributed by atoms with Crippen LogP contribution in [0.3, 0.4) is 0 Å². The summed E-state index contributed by atoms with van der Waals surface area (Å²) < 4.78 is 9.87. The van der Waals surface area contributed by atoms with E-state index in [9.17, 15) is 19.2 Å². The van der Waals surface area contributed by atoms with Crippen molar-refractivity contribution in [3.8, 4) is 0 Å². The van der Waals surface area contributed by atoms with Crippen molar-refractivity contribution in [1.82, 2.24) is 0 Å². The third-order valence-electron chi connectivity index (χ3n) is 3.22. The van der Waals surface area contributed by atoms with E-state index in [1.54, 1.807) is 19.1 Å². The van der Waals surface area contributed by atoms with Gasteiger partial charge in [-0.25, -0.2) is 4.79 Å². The summed E-state index contributed by atoms with van der Waals surface area (Å²) in [5, 5.41) is 12.8. The summed E-state index contributed by atoms with van der Waals surface area (Å²) in [6.07, 6.45) is 2.07. The molecule has 0 saturated carbocycles. The second-order valence-electron chi connectivity index (χ2n) is 5.70. The van der Waals surface area contributed by atoms with Crippen LogP contribution in [0.25, 0.3) is 0 Å². The summed E-state index contributed by atoms with van der Waals surface area (Å²) in [5.74, 6) is -3.77. The first-order chi connectivity index (χ1) is 13.2. The monoisotopic (exact) mass is 390 g/mol. The zero-order valence-electron chi connectivity index (χ0n) is 15.8. The number of ketones is 1. The first-order valence-electron chi connectivity index (χ1n) is 8.45. The van der Waals surface area contributed by atoms with Crippen LogP contribution >= 0.6 is 0 Å². The fraction of sp³-hybridized carbons (Fsp3) is 0.316. The van der Waals surface area contributed by atoms with Crippen molar-refractivity contribution >= 4 is 35.3 Å². The van der Waals surface area contributed by atoms with Gasteiger partial charge >= 0.3 is 17.9 Å². The lowest BCUT2D eigenvalue weighted by molar-refractivity contribution is -0.140. The van der Waals surface area contributed by atoms with Crippen molar-refractivity contribution in [2.24, 2.45) is 11.0 Å². The standard InChI is InChI=1S/C19H22N2O7/c1-4-27-19(26)14-6-8-15(9-7-14)20-21-16(10-5-12(2)18(24)25)28-17(23)11-13(3)22/h5-10,12,20H,4,11H2,1-3H3,(H,24,25). The maximum Gasteiger partial charge on any atom is 0.338 e. The van der Waals surface area contributed by atoms with Gasteiger partial charge in [-0.1, -0.05) is 6.08 Å². The summed E-state index contributed by atoms with van der Waals surface area (Å²) in [6.45, 7) is 4.65. The van der Waals surface area contributed by atoms with Gasteiger partial charge in [0.2, 0.25) is 5.90 Å². The van der Waals surface area contributed by atoms with Crippen LogP contribution in [0.5, 0.6) is 0 Å². The van der Waals surface area contributed by atoms with Crippen molar-refractivity contribution in [2.45, 2.75) is 27.2 Å². The number of Topliss-reactive ketones (excluding diaryl/α,β-unsaturated/α-hetero) is 1. The molecule has 0 spiro atoms. The second-order valence-corrected chi connectivity index (χ2v) is 5.70. The molecule has 28 heavy (non-hydrogen) atoms. The van der Waals surface area contributed by atoms with Crippen molar-refractivity contribution in [3.63, 3.8) is 0 Å². The molecule has 0 radical (unpaired) electrons. The molecule has 1 unspecified atom stereocenters. The van der Waals surface area contributed by atoms with Crippen molar-refractivity contribution in [2.75, 3.05) is 12.0 Å². The van der Waals surface area contributed by atoms with Gasteiger partial charge in [-0.3, -0.25) is 19.8 Å². The number of anilines is 1. The molecule has 0 aromatic heterocycles. The summed E-state index contributed by atoms with van der Waals surface area (Å²) in [6, 6.07) is 6.18. The Balaban J connectivity index is 2.91. The Bertz CT molecular complexity index is 782. The summed E-state index contributed by atoms with van der Waals surface area (Å²) in [4.78, 5) is 45.2. The van der Waals surface area contributed by atoms with E-state index in [0.29, 0.717) is 11.3 Å². The van der Waals surface area contributed by atoms with Crippen LogP contribution in [0.1, 0.15) is 37.6 Å². The number of aliphatic carboxylic acids is 1. The lowest BCUT2D eigenvalue weighted by atomic mass is 10.2. The third-order valence-corrected chi connectivity index (χ3v) is 3.22. The number of nitrogens with zero attached hydrogens (tertiary/aromatic N) is 1. The quantitative estimate of drug-likeness (QED) is 0.216. The van der Waals surface area contributed by atoms with Crippen molar-refractivity contribution in [1.29, 1.82) is 0 Å². The number of esters is 2. The second kappa shape index (κ2) is 11.3. The highest BCUT2D eigenvalue weighted by molar-refractivity contribution is 6.02. The van der Waals surface area contributed by atoms with E-state index in [0.717, 1.165) is 0 Å². The van der Waals surface area contributed by atoms with E-state index < -0.39 is 30.2 Å². The summed E-state index contributed by atoms with van der Waals surface area (Å²) in [5.41, 5.74) is 3.47. The van der Waals surface area contributed by atoms with Gasteiger partial charge < -0.3 is 14.6 Å². The Morgan fingerprint density at radius 1 is 1.21 bits per heavy atom. The predicted octanol–water partition coefficient (Wildman–Crippen LogP) is 2.39. The zero-order chi connectivity index (χ0) is 21.1. The van der Waals surface area contributed by atoms with Crippen LogP contribution in [0.2, 0.25) is 0 Å².